The van der Waals surface area contributed by atoms with Crippen molar-refractivity contribution in [2.45, 2.75) is 13.0 Å². The number of nitrogens with two attached hydrogens (primary N) is 1. The van der Waals surface area contributed by atoms with Crippen LogP contribution in [0.4, 0.5) is 5.69 Å². The van der Waals surface area contributed by atoms with Gasteiger partial charge in [-0.3, -0.25) is 4.79 Å². The van der Waals surface area contributed by atoms with Crippen LogP contribution in [0, 0.1) is 0 Å². The van der Waals surface area contributed by atoms with Crippen molar-refractivity contribution >= 4 is 21.4 Å². The topological polar surface area (TPSA) is 102 Å². The van der Waals surface area contributed by atoms with Crippen LogP contribution in [-0.2, 0) is 9.84 Å². The van der Waals surface area contributed by atoms with Gasteiger partial charge in [0.2, 0.25) is 0 Å². The van der Waals surface area contributed by atoms with Gasteiger partial charge in [0.25, 0.3) is 5.91 Å². The molecule has 1 amide bonds. The Hall–Kier alpha value is -1.63. The van der Waals surface area contributed by atoms with Crippen LogP contribution in [-0.4, -0.2) is 37.4 Å². The second-order valence-corrected chi connectivity index (χ2v) is 6.09. The zero-order valence-electron chi connectivity index (χ0n) is 9.67. The fraction of sp³-hybridized carbons (Fsp3) is 0.400. The summed E-state index contributed by atoms with van der Waals surface area (Å²) in [4.78, 5) is 15.6. The van der Waals surface area contributed by atoms with Crippen molar-refractivity contribution in [3.8, 4) is 0 Å². The average Bonchev–Trinajstić information content (AvgIpc) is 2.14. The van der Waals surface area contributed by atoms with E-state index in [0.717, 1.165) is 6.26 Å². The molecule has 1 aromatic rings. The molecule has 1 rings (SSSR count). The van der Waals surface area contributed by atoms with E-state index in [1.54, 1.807) is 19.1 Å². The SMILES string of the molecule is CC(CS(C)(=O)=O)NC(=O)c1ncccc1N. The highest BCUT2D eigenvalue weighted by Crippen LogP contribution is 2.06. The zero-order valence-corrected chi connectivity index (χ0v) is 10.5. The highest BCUT2D eigenvalue weighted by Gasteiger charge is 2.16. The maximum atomic E-state index is 11.7. The van der Waals surface area contributed by atoms with E-state index in [4.69, 9.17) is 5.73 Å². The molecule has 0 aliphatic carbocycles. The maximum absolute atomic E-state index is 11.7. The fourth-order valence-electron chi connectivity index (χ4n) is 1.40. The van der Waals surface area contributed by atoms with Gasteiger partial charge in [-0.2, -0.15) is 0 Å². The van der Waals surface area contributed by atoms with Crippen molar-refractivity contribution < 1.29 is 13.2 Å². The van der Waals surface area contributed by atoms with Gasteiger partial charge in [0.1, 0.15) is 9.84 Å². The van der Waals surface area contributed by atoms with Crippen LogP contribution < -0.4 is 11.1 Å². The van der Waals surface area contributed by atoms with Gasteiger partial charge in [-0.05, 0) is 19.1 Å². The van der Waals surface area contributed by atoms with Crippen LogP contribution in [0.2, 0.25) is 0 Å². The molecule has 0 aromatic carbocycles. The van der Waals surface area contributed by atoms with Gasteiger partial charge in [-0.1, -0.05) is 0 Å². The van der Waals surface area contributed by atoms with E-state index >= 15 is 0 Å². The first kappa shape index (κ1) is 13.4. The summed E-state index contributed by atoms with van der Waals surface area (Å²) in [5.41, 5.74) is 5.95. The Bertz CT molecular complexity index is 513. The third-order valence-electron chi connectivity index (χ3n) is 1.98. The number of pyridine rings is 1. The molecule has 0 saturated carbocycles. The maximum Gasteiger partial charge on any atom is 0.272 e. The molecule has 0 aliphatic rings. The van der Waals surface area contributed by atoms with Crippen LogP contribution in [0.3, 0.4) is 0 Å². The number of carbonyl (C=O) groups is 1. The summed E-state index contributed by atoms with van der Waals surface area (Å²) in [5.74, 6) is -0.592. The Balaban J connectivity index is 2.71. The molecule has 0 saturated heterocycles. The van der Waals surface area contributed by atoms with Crippen molar-refractivity contribution in [1.29, 1.82) is 0 Å². The highest BCUT2D eigenvalue weighted by molar-refractivity contribution is 7.90. The largest absolute Gasteiger partial charge is 0.397 e. The standard InChI is InChI=1S/C10H15N3O3S/c1-7(6-17(2,15)16)13-10(14)9-8(11)4-3-5-12-9/h3-5,7H,6,11H2,1-2H3,(H,13,14). The van der Waals surface area contributed by atoms with Crippen LogP contribution in [0.25, 0.3) is 0 Å². The molecule has 1 heterocycles. The second kappa shape index (κ2) is 5.13. The van der Waals surface area contributed by atoms with Crippen molar-refractivity contribution in [3.05, 3.63) is 24.0 Å². The summed E-state index contributed by atoms with van der Waals surface area (Å²) in [6, 6.07) is 2.69. The number of hydrogen-bond acceptors (Lipinski definition) is 5. The van der Waals surface area contributed by atoms with Gasteiger partial charge in [0, 0.05) is 18.5 Å². The van der Waals surface area contributed by atoms with E-state index in [-0.39, 0.29) is 17.1 Å². The Morgan fingerprint density at radius 2 is 2.24 bits per heavy atom. The first-order valence-electron chi connectivity index (χ1n) is 4.98. The molecule has 0 spiro atoms. The van der Waals surface area contributed by atoms with Crippen molar-refractivity contribution in [1.82, 2.24) is 10.3 Å². The predicted octanol–water partition coefficient (Wildman–Crippen LogP) is -0.173. The molecule has 1 aromatic heterocycles. The Morgan fingerprint density at radius 1 is 1.59 bits per heavy atom. The molecule has 0 aliphatic heterocycles. The molecule has 0 radical (unpaired) electrons. The lowest BCUT2D eigenvalue weighted by atomic mass is 10.2. The number of amides is 1. The summed E-state index contributed by atoms with van der Waals surface area (Å²) in [6.07, 6.45) is 2.57. The molecular formula is C10H15N3O3S. The van der Waals surface area contributed by atoms with Gasteiger partial charge < -0.3 is 11.1 Å². The monoisotopic (exact) mass is 257 g/mol. The summed E-state index contributed by atoms with van der Waals surface area (Å²) >= 11 is 0. The molecule has 0 bridgehead atoms. The summed E-state index contributed by atoms with van der Waals surface area (Å²) in [7, 11) is -3.13. The summed E-state index contributed by atoms with van der Waals surface area (Å²) < 4.78 is 22.1. The molecule has 3 N–H and O–H groups in total. The minimum Gasteiger partial charge on any atom is -0.397 e. The first-order valence-corrected chi connectivity index (χ1v) is 7.04. The molecule has 6 nitrogen and oxygen atoms in total. The predicted molar refractivity (Wildman–Crippen MR) is 65.3 cm³/mol. The van der Waals surface area contributed by atoms with E-state index in [0.29, 0.717) is 0 Å². The van der Waals surface area contributed by atoms with Crippen LogP contribution in [0.15, 0.2) is 18.3 Å². The van der Waals surface area contributed by atoms with E-state index in [2.05, 4.69) is 10.3 Å². The second-order valence-electron chi connectivity index (χ2n) is 3.91. The van der Waals surface area contributed by atoms with Gasteiger partial charge in [-0.25, -0.2) is 13.4 Å². The molecular weight excluding hydrogens is 242 g/mol. The third kappa shape index (κ3) is 4.39. The van der Waals surface area contributed by atoms with E-state index in [1.165, 1.54) is 6.20 Å². The van der Waals surface area contributed by atoms with Crippen LogP contribution in [0.5, 0.6) is 0 Å². The van der Waals surface area contributed by atoms with Crippen LogP contribution >= 0.6 is 0 Å². The van der Waals surface area contributed by atoms with E-state index in [9.17, 15) is 13.2 Å². The lowest BCUT2D eigenvalue weighted by molar-refractivity contribution is 0.0939. The molecule has 7 heteroatoms. The quantitative estimate of drug-likeness (QED) is 0.779. The third-order valence-corrected chi connectivity index (χ3v) is 3.09. The lowest BCUT2D eigenvalue weighted by Gasteiger charge is -2.12. The van der Waals surface area contributed by atoms with Gasteiger partial charge >= 0.3 is 0 Å². The Morgan fingerprint density at radius 3 is 2.76 bits per heavy atom. The normalized spacial score (nSPS) is 13.1. The van der Waals surface area contributed by atoms with Crippen molar-refractivity contribution in [3.63, 3.8) is 0 Å². The number of anilines is 1. The van der Waals surface area contributed by atoms with Gasteiger partial charge in [0.05, 0.1) is 11.4 Å². The highest BCUT2D eigenvalue weighted by atomic mass is 32.2. The molecule has 1 atom stereocenters. The lowest BCUT2D eigenvalue weighted by Crippen LogP contribution is -2.38. The zero-order chi connectivity index (χ0) is 13.1. The van der Waals surface area contributed by atoms with Crippen molar-refractivity contribution in [2.24, 2.45) is 0 Å². The van der Waals surface area contributed by atoms with Crippen molar-refractivity contribution in [2.75, 3.05) is 17.7 Å². The van der Waals surface area contributed by atoms with E-state index < -0.39 is 21.8 Å². The molecule has 1 unspecified atom stereocenters. The summed E-state index contributed by atoms with van der Waals surface area (Å²) in [6.45, 7) is 1.61. The van der Waals surface area contributed by atoms with E-state index in [1.807, 2.05) is 0 Å². The molecule has 17 heavy (non-hydrogen) atoms. The number of carbonyl (C=O) groups excluding carboxylic acids is 1. The Labute approximate surface area is 100 Å². The summed E-state index contributed by atoms with van der Waals surface area (Å²) in [5, 5.41) is 2.53. The van der Waals surface area contributed by atoms with Crippen LogP contribution in [0.1, 0.15) is 17.4 Å². The number of hydrogen-bond donors (Lipinski definition) is 2. The number of nitrogens with one attached hydrogen (secondary N) is 1. The first-order chi connectivity index (χ1) is 7.79. The molecule has 94 valence electrons. The fourth-order valence-corrected chi connectivity index (χ4v) is 2.39. The number of rotatable bonds is 4. The Kier molecular flexibility index (Phi) is 4.06. The minimum absolute atomic E-state index is 0.104. The number of sulfone groups is 1. The smallest absolute Gasteiger partial charge is 0.272 e. The molecule has 0 fully saturated rings. The number of aromatic nitrogens is 1. The minimum atomic E-state index is -3.13. The van der Waals surface area contributed by atoms with Gasteiger partial charge in [0.15, 0.2) is 5.69 Å². The van der Waals surface area contributed by atoms with Gasteiger partial charge in [-0.15, -0.1) is 0 Å². The number of nitrogen functional groups attached to an aromatic ring is 1. The average molecular weight is 257 g/mol. The number of nitrogens with zero attached hydrogens (tertiary/aromatic N) is 1.